The second-order valence-electron chi connectivity index (χ2n) is 6.97. The first kappa shape index (κ1) is 21.8. The standard InChI is InChI=1S/C21H18Cl2N2O5/c1-11(2)18(25-19(27)12-6-3-4-7-13(12)20(25)28)21(29)30-10-16(26)24-15-9-5-8-14(22)17(15)23/h3-9,11,18H,10H2,1-2H3,(H,24,26)/t18-/m0/s1. The summed E-state index contributed by atoms with van der Waals surface area (Å²) in [5, 5.41) is 2.91. The Kier molecular flexibility index (Phi) is 6.43. The minimum atomic E-state index is -1.17. The number of carbonyl (C=O) groups excluding carboxylic acids is 4. The number of hydrogen-bond acceptors (Lipinski definition) is 5. The maximum atomic E-state index is 12.7. The van der Waals surface area contributed by atoms with Crippen LogP contribution in [0.3, 0.4) is 0 Å². The zero-order valence-corrected chi connectivity index (χ0v) is 17.7. The van der Waals surface area contributed by atoms with Crippen LogP contribution < -0.4 is 5.32 Å². The molecule has 1 aliphatic rings. The van der Waals surface area contributed by atoms with Gasteiger partial charge in [0.15, 0.2) is 6.61 Å². The summed E-state index contributed by atoms with van der Waals surface area (Å²) in [7, 11) is 0. The van der Waals surface area contributed by atoms with Gasteiger partial charge in [0, 0.05) is 0 Å². The number of benzene rings is 2. The lowest BCUT2D eigenvalue weighted by Crippen LogP contribution is -2.49. The molecule has 0 aliphatic carbocycles. The Hall–Kier alpha value is -2.90. The van der Waals surface area contributed by atoms with Crippen molar-refractivity contribution in [2.45, 2.75) is 19.9 Å². The van der Waals surface area contributed by atoms with E-state index in [1.54, 1.807) is 44.2 Å². The number of rotatable bonds is 6. The number of imide groups is 1. The van der Waals surface area contributed by atoms with E-state index in [2.05, 4.69) is 5.32 Å². The van der Waals surface area contributed by atoms with E-state index < -0.39 is 42.3 Å². The molecule has 1 atom stereocenters. The van der Waals surface area contributed by atoms with Crippen molar-refractivity contribution in [3.8, 4) is 0 Å². The number of ether oxygens (including phenoxy) is 1. The third-order valence-corrected chi connectivity index (χ3v) is 5.37. The molecule has 1 heterocycles. The number of fused-ring (bicyclic) bond motifs is 1. The molecule has 156 valence electrons. The number of esters is 1. The van der Waals surface area contributed by atoms with E-state index in [4.69, 9.17) is 27.9 Å². The summed E-state index contributed by atoms with van der Waals surface area (Å²) in [6.07, 6.45) is 0. The van der Waals surface area contributed by atoms with E-state index >= 15 is 0 Å². The molecule has 7 nitrogen and oxygen atoms in total. The van der Waals surface area contributed by atoms with Gasteiger partial charge in [0.1, 0.15) is 6.04 Å². The lowest BCUT2D eigenvalue weighted by atomic mass is 10.0. The molecule has 0 unspecified atom stereocenters. The molecule has 1 aliphatic heterocycles. The minimum absolute atomic E-state index is 0.157. The van der Waals surface area contributed by atoms with Crippen LogP contribution in [-0.4, -0.2) is 41.2 Å². The molecule has 3 rings (SSSR count). The molecular weight excluding hydrogens is 431 g/mol. The molecule has 9 heteroatoms. The van der Waals surface area contributed by atoms with Crippen molar-refractivity contribution in [2.75, 3.05) is 11.9 Å². The fraction of sp³-hybridized carbons (Fsp3) is 0.238. The van der Waals surface area contributed by atoms with Crippen LogP contribution in [-0.2, 0) is 14.3 Å². The highest BCUT2D eigenvalue weighted by atomic mass is 35.5. The second-order valence-corrected chi connectivity index (χ2v) is 7.76. The van der Waals surface area contributed by atoms with Gasteiger partial charge in [0.05, 0.1) is 26.9 Å². The molecule has 0 bridgehead atoms. The summed E-state index contributed by atoms with van der Waals surface area (Å²) in [5.41, 5.74) is 0.731. The molecule has 0 spiro atoms. The van der Waals surface area contributed by atoms with Crippen LogP contribution in [0.4, 0.5) is 5.69 Å². The molecule has 0 aromatic heterocycles. The topological polar surface area (TPSA) is 92.8 Å². The minimum Gasteiger partial charge on any atom is -0.454 e. The first-order valence-corrected chi connectivity index (χ1v) is 9.85. The van der Waals surface area contributed by atoms with Crippen LogP contribution in [0.2, 0.25) is 10.0 Å². The predicted octanol–water partition coefficient (Wildman–Crippen LogP) is 3.80. The van der Waals surface area contributed by atoms with Crippen LogP contribution in [0, 0.1) is 5.92 Å². The molecular formula is C21H18Cl2N2O5. The van der Waals surface area contributed by atoms with Crippen molar-refractivity contribution >= 4 is 52.6 Å². The Morgan fingerprint density at radius 3 is 2.17 bits per heavy atom. The average Bonchev–Trinajstić information content (AvgIpc) is 2.95. The highest BCUT2D eigenvalue weighted by Gasteiger charge is 2.44. The number of amides is 3. The zero-order valence-electron chi connectivity index (χ0n) is 16.1. The van der Waals surface area contributed by atoms with Gasteiger partial charge in [-0.1, -0.05) is 55.2 Å². The maximum absolute atomic E-state index is 12.7. The number of anilines is 1. The largest absolute Gasteiger partial charge is 0.454 e. The SMILES string of the molecule is CC(C)[C@@H](C(=O)OCC(=O)Nc1cccc(Cl)c1Cl)N1C(=O)c2ccccc2C1=O. The average molecular weight is 449 g/mol. The zero-order chi connectivity index (χ0) is 22.0. The van der Waals surface area contributed by atoms with Crippen molar-refractivity contribution in [1.82, 2.24) is 4.90 Å². The number of nitrogens with one attached hydrogen (secondary N) is 1. The van der Waals surface area contributed by atoms with Crippen molar-refractivity contribution in [2.24, 2.45) is 5.92 Å². The molecule has 2 aromatic rings. The van der Waals surface area contributed by atoms with Crippen LogP contribution in [0.15, 0.2) is 42.5 Å². The molecule has 1 N–H and O–H groups in total. The maximum Gasteiger partial charge on any atom is 0.330 e. The van der Waals surface area contributed by atoms with Gasteiger partial charge in [-0.15, -0.1) is 0 Å². The molecule has 3 amide bonds. The lowest BCUT2D eigenvalue weighted by molar-refractivity contribution is -0.152. The summed E-state index contributed by atoms with van der Waals surface area (Å²) >= 11 is 11.9. The molecule has 0 saturated heterocycles. The Morgan fingerprint density at radius 2 is 1.60 bits per heavy atom. The monoisotopic (exact) mass is 448 g/mol. The first-order valence-electron chi connectivity index (χ1n) is 9.09. The van der Waals surface area contributed by atoms with Crippen molar-refractivity contribution in [3.05, 3.63) is 63.6 Å². The van der Waals surface area contributed by atoms with E-state index in [1.165, 1.54) is 12.1 Å². The van der Waals surface area contributed by atoms with Crippen LogP contribution in [0.5, 0.6) is 0 Å². The highest BCUT2D eigenvalue weighted by molar-refractivity contribution is 6.44. The molecule has 30 heavy (non-hydrogen) atoms. The van der Waals surface area contributed by atoms with Crippen molar-refractivity contribution < 1.29 is 23.9 Å². The summed E-state index contributed by atoms with van der Waals surface area (Å²) in [4.78, 5) is 51.1. The molecule has 0 radical (unpaired) electrons. The van der Waals surface area contributed by atoms with E-state index in [0.717, 1.165) is 4.90 Å². The lowest BCUT2D eigenvalue weighted by Gasteiger charge is -2.27. The van der Waals surface area contributed by atoms with Crippen molar-refractivity contribution in [1.29, 1.82) is 0 Å². The number of halogens is 2. The van der Waals surface area contributed by atoms with Crippen LogP contribution in [0.1, 0.15) is 34.6 Å². The normalized spacial score (nSPS) is 14.0. The van der Waals surface area contributed by atoms with Gasteiger partial charge in [0.2, 0.25) is 0 Å². The van der Waals surface area contributed by atoms with Gasteiger partial charge in [-0.2, -0.15) is 0 Å². The fourth-order valence-corrected chi connectivity index (χ4v) is 3.49. The molecule has 0 fully saturated rings. The first-order chi connectivity index (χ1) is 14.2. The molecule has 2 aromatic carbocycles. The number of hydrogen-bond donors (Lipinski definition) is 1. The van der Waals surface area contributed by atoms with Gasteiger partial charge in [-0.3, -0.25) is 19.3 Å². The number of nitrogens with zero attached hydrogens (tertiary/aromatic N) is 1. The van der Waals surface area contributed by atoms with E-state index in [9.17, 15) is 19.2 Å². The third kappa shape index (κ3) is 4.17. The smallest absolute Gasteiger partial charge is 0.330 e. The van der Waals surface area contributed by atoms with E-state index in [1.807, 2.05) is 0 Å². The molecule has 0 saturated carbocycles. The van der Waals surface area contributed by atoms with Crippen molar-refractivity contribution in [3.63, 3.8) is 0 Å². The Balaban J connectivity index is 1.70. The summed E-state index contributed by atoms with van der Waals surface area (Å²) in [6, 6.07) is 9.88. The van der Waals surface area contributed by atoms with Crippen LogP contribution >= 0.6 is 23.2 Å². The summed E-state index contributed by atoms with van der Waals surface area (Å²) < 4.78 is 5.10. The van der Waals surface area contributed by atoms with Gasteiger partial charge in [-0.05, 0) is 30.2 Å². The predicted molar refractivity (Wildman–Crippen MR) is 112 cm³/mol. The van der Waals surface area contributed by atoms with E-state index in [0.29, 0.717) is 0 Å². The quantitative estimate of drug-likeness (QED) is 0.535. The Bertz CT molecular complexity index is 1000. The summed E-state index contributed by atoms with van der Waals surface area (Å²) in [6.45, 7) is 2.75. The van der Waals surface area contributed by atoms with Gasteiger partial charge in [-0.25, -0.2) is 4.79 Å². The van der Waals surface area contributed by atoms with Crippen LogP contribution in [0.25, 0.3) is 0 Å². The Labute approximate surface area is 182 Å². The number of carbonyl (C=O) groups is 4. The van der Waals surface area contributed by atoms with Gasteiger partial charge < -0.3 is 10.1 Å². The van der Waals surface area contributed by atoms with Gasteiger partial charge >= 0.3 is 5.97 Å². The van der Waals surface area contributed by atoms with Gasteiger partial charge in [0.25, 0.3) is 17.7 Å². The summed E-state index contributed by atoms with van der Waals surface area (Å²) in [5.74, 6) is -3.06. The highest BCUT2D eigenvalue weighted by Crippen LogP contribution is 2.30. The second kappa shape index (κ2) is 8.85. The third-order valence-electron chi connectivity index (χ3n) is 4.55. The van der Waals surface area contributed by atoms with E-state index in [-0.39, 0.29) is 26.9 Å². The fourth-order valence-electron chi connectivity index (χ4n) is 3.14. The Morgan fingerprint density at radius 1 is 1.00 bits per heavy atom.